The minimum Gasteiger partial charge on any atom is -0.508 e. The predicted octanol–water partition coefficient (Wildman–Crippen LogP) is 2.42. The van der Waals surface area contributed by atoms with Gasteiger partial charge in [0.1, 0.15) is 11.6 Å². The van der Waals surface area contributed by atoms with Gasteiger partial charge < -0.3 is 19.9 Å². The maximum atomic E-state index is 12.4. The number of aromatic hydroxyl groups is 1. The van der Waals surface area contributed by atoms with Crippen molar-refractivity contribution in [3.05, 3.63) is 48.0 Å². The fourth-order valence-electron chi connectivity index (χ4n) is 2.17. The monoisotopic (exact) mass is 302 g/mol. The van der Waals surface area contributed by atoms with E-state index in [0.29, 0.717) is 13.1 Å². The Labute approximate surface area is 130 Å². The van der Waals surface area contributed by atoms with Gasteiger partial charge in [-0.1, -0.05) is 12.1 Å². The Kier molecular flexibility index (Phi) is 5.04. The zero-order chi connectivity index (χ0) is 16.1. The first-order valence-electron chi connectivity index (χ1n) is 7.31. The number of hydrogen-bond donors (Lipinski definition) is 2. The molecule has 0 bridgehead atoms. The Morgan fingerprint density at radius 2 is 2.09 bits per heavy atom. The molecule has 1 unspecified atom stereocenters. The summed E-state index contributed by atoms with van der Waals surface area (Å²) in [5.74, 6) is 1.06. The molecule has 2 N–H and O–H groups in total. The lowest BCUT2D eigenvalue weighted by atomic mass is 10.1. The van der Waals surface area contributed by atoms with Crippen LogP contribution in [0.15, 0.2) is 36.7 Å². The summed E-state index contributed by atoms with van der Waals surface area (Å²) in [6, 6.07) is 6.56. The van der Waals surface area contributed by atoms with E-state index >= 15 is 0 Å². The van der Waals surface area contributed by atoms with Crippen LogP contribution in [0.5, 0.6) is 5.75 Å². The maximum Gasteiger partial charge on any atom is 0.318 e. The molecular weight excluding hydrogens is 280 g/mol. The largest absolute Gasteiger partial charge is 0.508 e. The number of nitrogens with zero attached hydrogens (tertiary/aromatic N) is 3. The van der Waals surface area contributed by atoms with E-state index in [0.717, 1.165) is 11.4 Å². The van der Waals surface area contributed by atoms with Crippen LogP contribution in [0, 0.1) is 0 Å². The highest BCUT2D eigenvalue weighted by Crippen LogP contribution is 2.16. The molecule has 0 aliphatic carbocycles. The van der Waals surface area contributed by atoms with E-state index in [1.807, 2.05) is 31.7 Å². The molecular formula is C16H22N4O2. The molecule has 1 aromatic carbocycles. The maximum absolute atomic E-state index is 12.4. The van der Waals surface area contributed by atoms with Crippen LogP contribution < -0.4 is 5.32 Å². The molecule has 0 aliphatic heterocycles. The normalized spacial score (nSPS) is 12.0. The highest BCUT2D eigenvalue weighted by Gasteiger charge is 2.17. The van der Waals surface area contributed by atoms with Crippen molar-refractivity contribution in [3.8, 4) is 5.75 Å². The van der Waals surface area contributed by atoms with Gasteiger partial charge in [0.2, 0.25) is 0 Å². The van der Waals surface area contributed by atoms with Crippen LogP contribution in [0.4, 0.5) is 4.79 Å². The van der Waals surface area contributed by atoms with Crippen molar-refractivity contribution < 1.29 is 9.90 Å². The molecule has 2 amide bonds. The lowest BCUT2D eigenvalue weighted by Gasteiger charge is -2.24. The third kappa shape index (κ3) is 3.78. The minimum absolute atomic E-state index is 0.133. The summed E-state index contributed by atoms with van der Waals surface area (Å²) in [7, 11) is 1.91. The zero-order valence-electron chi connectivity index (χ0n) is 13.2. The first-order chi connectivity index (χ1) is 10.5. The van der Waals surface area contributed by atoms with Crippen LogP contribution in [0.3, 0.4) is 0 Å². The topological polar surface area (TPSA) is 70.4 Å². The van der Waals surface area contributed by atoms with Crippen molar-refractivity contribution in [1.82, 2.24) is 19.8 Å². The summed E-state index contributed by atoms with van der Waals surface area (Å²) in [6.07, 6.45) is 3.58. The van der Waals surface area contributed by atoms with Gasteiger partial charge in [-0.05, 0) is 31.5 Å². The van der Waals surface area contributed by atoms with E-state index in [9.17, 15) is 9.90 Å². The number of benzene rings is 1. The average Bonchev–Trinajstić information content (AvgIpc) is 2.90. The lowest BCUT2D eigenvalue weighted by molar-refractivity contribution is 0.193. The summed E-state index contributed by atoms with van der Waals surface area (Å²) < 4.78 is 1.90. The number of carbonyl (C=O) groups excluding carboxylic acids is 1. The highest BCUT2D eigenvalue weighted by atomic mass is 16.3. The fraction of sp³-hybridized carbons (Fsp3) is 0.375. The van der Waals surface area contributed by atoms with Crippen molar-refractivity contribution in [2.24, 2.45) is 7.05 Å². The van der Waals surface area contributed by atoms with Gasteiger partial charge in [0.05, 0.1) is 12.6 Å². The zero-order valence-corrected chi connectivity index (χ0v) is 13.2. The molecule has 6 nitrogen and oxygen atoms in total. The highest BCUT2D eigenvalue weighted by molar-refractivity contribution is 5.74. The van der Waals surface area contributed by atoms with Gasteiger partial charge >= 0.3 is 6.03 Å². The van der Waals surface area contributed by atoms with E-state index in [-0.39, 0.29) is 17.8 Å². The van der Waals surface area contributed by atoms with Gasteiger partial charge in [-0.25, -0.2) is 9.78 Å². The second-order valence-electron chi connectivity index (χ2n) is 5.23. The SMILES string of the molecule is CCN(Cc1nccn1C)C(=O)NC(C)c1ccc(O)cc1. The number of phenols is 1. The number of hydrogen-bond acceptors (Lipinski definition) is 3. The van der Waals surface area contributed by atoms with E-state index in [1.165, 1.54) is 0 Å². The summed E-state index contributed by atoms with van der Waals surface area (Å²) in [5.41, 5.74) is 0.944. The van der Waals surface area contributed by atoms with Gasteiger partial charge in [0, 0.05) is 26.0 Å². The molecule has 1 atom stereocenters. The third-order valence-electron chi connectivity index (χ3n) is 3.66. The number of imidazole rings is 1. The van der Waals surface area contributed by atoms with Gasteiger partial charge in [0.15, 0.2) is 0 Å². The fourth-order valence-corrected chi connectivity index (χ4v) is 2.17. The number of aryl methyl sites for hydroxylation is 1. The molecule has 0 aliphatic rings. The second kappa shape index (κ2) is 6.98. The number of aromatic nitrogens is 2. The number of nitrogens with one attached hydrogen (secondary N) is 1. The molecule has 0 fully saturated rings. The van der Waals surface area contributed by atoms with E-state index in [2.05, 4.69) is 10.3 Å². The van der Waals surface area contributed by atoms with Crippen LogP contribution in [-0.4, -0.2) is 32.1 Å². The van der Waals surface area contributed by atoms with Crippen LogP contribution in [0.25, 0.3) is 0 Å². The van der Waals surface area contributed by atoms with E-state index in [4.69, 9.17) is 0 Å². The Hall–Kier alpha value is -2.50. The van der Waals surface area contributed by atoms with Gasteiger partial charge in [0.25, 0.3) is 0 Å². The molecule has 0 radical (unpaired) electrons. The number of phenolic OH excluding ortho intramolecular Hbond substituents is 1. The van der Waals surface area contributed by atoms with Gasteiger partial charge in [-0.2, -0.15) is 0 Å². The average molecular weight is 302 g/mol. The Bertz CT molecular complexity index is 621. The first kappa shape index (κ1) is 15.9. The van der Waals surface area contributed by atoms with Crippen molar-refractivity contribution in [2.45, 2.75) is 26.4 Å². The van der Waals surface area contributed by atoms with Crippen molar-refractivity contribution >= 4 is 6.03 Å². The van der Waals surface area contributed by atoms with Crippen LogP contribution in [0.1, 0.15) is 31.3 Å². The molecule has 2 rings (SSSR count). The summed E-state index contributed by atoms with van der Waals surface area (Å²) in [6.45, 7) is 4.92. The van der Waals surface area contributed by atoms with E-state index < -0.39 is 0 Å². The molecule has 1 aromatic heterocycles. The number of urea groups is 1. The third-order valence-corrected chi connectivity index (χ3v) is 3.66. The summed E-state index contributed by atoms with van der Waals surface area (Å²) in [4.78, 5) is 18.3. The quantitative estimate of drug-likeness (QED) is 0.891. The molecule has 6 heteroatoms. The molecule has 2 aromatic rings. The predicted molar refractivity (Wildman–Crippen MR) is 84.3 cm³/mol. The molecule has 0 saturated carbocycles. The standard InChI is InChI=1S/C16H22N4O2/c1-4-20(11-15-17-9-10-19(15)3)16(22)18-12(2)13-5-7-14(21)8-6-13/h5-10,12,21H,4,11H2,1-3H3,(H,18,22). The number of amides is 2. The molecule has 0 saturated heterocycles. The number of rotatable bonds is 5. The molecule has 118 valence electrons. The van der Waals surface area contributed by atoms with Crippen LogP contribution in [-0.2, 0) is 13.6 Å². The second-order valence-corrected chi connectivity index (χ2v) is 5.23. The van der Waals surface area contributed by atoms with Gasteiger partial charge in [-0.15, -0.1) is 0 Å². The summed E-state index contributed by atoms with van der Waals surface area (Å²) in [5, 5.41) is 12.3. The molecule has 0 spiro atoms. The Balaban J connectivity index is 1.99. The van der Waals surface area contributed by atoms with Gasteiger partial charge in [-0.3, -0.25) is 0 Å². The first-order valence-corrected chi connectivity index (χ1v) is 7.31. The van der Waals surface area contributed by atoms with Crippen molar-refractivity contribution in [2.75, 3.05) is 6.54 Å². The number of carbonyl (C=O) groups is 1. The molecule has 1 heterocycles. The lowest BCUT2D eigenvalue weighted by Crippen LogP contribution is -2.41. The van der Waals surface area contributed by atoms with Crippen molar-refractivity contribution in [1.29, 1.82) is 0 Å². The van der Waals surface area contributed by atoms with Crippen LogP contribution in [0.2, 0.25) is 0 Å². The minimum atomic E-state index is -0.136. The van der Waals surface area contributed by atoms with E-state index in [1.54, 1.807) is 35.4 Å². The summed E-state index contributed by atoms with van der Waals surface area (Å²) >= 11 is 0. The van der Waals surface area contributed by atoms with Crippen LogP contribution >= 0.6 is 0 Å². The Morgan fingerprint density at radius 1 is 1.41 bits per heavy atom. The van der Waals surface area contributed by atoms with Crippen molar-refractivity contribution in [3.63, 3.8) is 0 Å². The molecule has 22 heavy (non-hydrogen) atoms. The Morgan fingerprint density at radius 3 is 2.64 bits per heavy atom. The smallest absolute Gasteiger partial charge is 0.318 e.